The molecule has 2 atom stereocenters. The molecule has 0 saturated carbocycles. The lowest BCUT2D eigenvalue weighted by Crippen LogP contribution is -2.29. The van der Waals surface area contributed by atoms with Crippen LogP contribution in [0.25, 0.3) is 0 Å². The molecule has 0 saturated heterocycles. The minimum Gasteiger partial charge on any atom is -0.462 e. The number of carbonyl (C=O) groups is 2. The molecule has 0 aliphatic heterocycles. The Morgan fingerprint density at radius 2 is 0.898 bits per heavy atom. The molecule has 0 radical (unpaired) electrons. The second kappa shape index (κ2) is 45.7. The molecule has 0 aromatic heterocycles. The van der Waals surface area contributed by atoms with Crippen LogP contribution in [0.15, 0.2) is 36.5 Å². The topological polar surface area (TPSA) is 134 Å². The molecule has 9 nitrogen and oxygen atoms in total. The number of phosphoric acid groups is 1. The van der Waals surface area contributed by atoms with Crippen LogP contribution in [0.4, 0.5) is 0 Å². The van der Waals surface area contributed by atoms with Crippen molar-refractivity contribution in [3.8, 4) is 0 Å². The van der Waals surface area contributed by atoms with Gasteiger partial charge in [0.25, 0.3) is 0 Å². The first kappa shape index (κ1) is 57.2. The number of hydrogen-bond donors (Lipinski definition) is 2. The maximum Gasteiger partial charge on any atom is 0.472 e. The first-order chi connectivity index (χ1) is 28.8. The standard InChI is InChI=1S/C49H92NO8P/c1-3-5-7-9-11-13-15-17-19-21-22-23-24-26-28-30-32-34-36-38-40-42-49(52)58-47(46-57-59(53,54)56-44-43-50)45-55-48(51)41-39-37-35-33-31-29-27-25-20-18-16-14-12-10-8-6-4-2/h18,20,27,29,33,35,47H,3-17,19,21-26,28,30-32,34,36-46,50H2,1-2H3,(H,53,54)/b20-18-,29-27-,35-33-/t47-/m1/s1. The summed E-state index contributed by atoms with van der Waals surface area (Å²) >= 11 is 0. The average molecular weight is 854 g/mol. The van der Waals surface area contributed by atoms with E-state index in [-0.39, 0.29) is 32.6 Å². The van der Waals surface area contributed by atoms with Gasteiger partial charge in [0.15, 0.2) is 6.10 Å². The van der Waals surface area contributed by atoms with E-state index in [1.54, 1.807) is 0 Å². The highest BCUT2D eigenvalue weighted by molar-refractivity contribution is 7.47. The Hall–Kier alpha value is -1.77. The molecule has 0 aromatic rings. The summed E-state index contributed by atoms with van der Waals surface area (Å²) in [6.45, 7) is 3.70. The van der Waals surface area contributed by atoms with E-state index in [9.17, 15) is 19.0 Å². The fourth-order valence-electron chi connectivity index (χ4n) is 6.89. The molecule has 0 heterocycles. The van der Waals surface area contributed by atoms with Crippen LogP contribution < -0.4 is 5.73 Å². The van der Waals surface area contributed by atoms with Gasteiger partial charge in [-0.15, -0.1) is 0 Å². The molecular weight excluding hydrogens is 762 g/mol. The van der Waals surface area contributed by atoms with Crippen LogP contribution >= 0.6 is 7.82 Å². The Kier molecular flexibility index (Phi) is 44.4. The van der Waals surface area contributed by atoms with Crippen molar-refractivity contribution in [3.63, 3.8) is 0 Å². The number of carbonyl (C=O) groups excluding carboxylic acids is 2. The van der Waals surface area contributed by atoms with E-state index in [2.05, 4.69) is 50.3 Å². The van der Waals surface area contributed by atoms with Gasteiger partial charge in [0.1, 0.15) is 6.61 Å². The quantitative estimate of drug-likeness (QED) is 0.0265. The van der Waals surface area contributed by atoms with E-state index >= 15 is 0 Å². The third-order valence-corrected chi connectivity index (χ3v) is 11.5. The van der Waals surface area contributed by atoms with Crippen molar-refractivity contribution in [1.82, 2.24) is 0 Å². The predicted molar refractivity (Wildman–Crippen MR) is 247 cm³/mol. The summed E-state index contributed by atoms with van der Waals surface area (Å²) in [5.41, 5.74) is 5.36. The molecule has 0 rings (SSSR count). The van der Waals surface area contributed by atoms with E-state index in [0.717, 1.165) is 38.5 Å². The van der Waals surface area contributed by atoms with Gasteiger partial charge in [-0.05, 0) is 44.9 Å². The number of allylic oxidation sites excluding steroid dienone is 6. The van der Waals surface area contributed by atoms with Crippen molar-refractivity contribution in [2.24, 2.45) is 5.73 Å². The lowest BCUT2D eigenvalue weighted by Gasteiger charge is -2.19. The zero-order chi connectivity index (χ0) is 43.2. The lowest BCUT2D eigenvalue weighted by molar-refractivity contribution is -0.161. The van der Waals surface area contributed by atoms with E-state index in [1.165, 1.54) is 154 Å². The fraction of sp³-hybridized carbons (Fsp3) is 0.837. The van der Waals surface area contributed by atoms with Gasteiger partial charge in [-0.3, -0.25) is 18.6 Å². The largest absolute Gasteiger partial charge is 0.472 e. The molecule has 0 aliphatic carbocycles. The third-order valence-electron chi connectivity index (χ3n) is 10.5. The number of nitrogens with two attached hydrogens (primary N) is 1. The molecule has 0 fully saturated rings. The van der Waals surface area contributed by atoms with E-state index in [0.29, 0.717) is 12.8 Å². The van der Waals surface area contributed by atoms with Crippen LogP contribution in [0.1, 0.15) is 232 Å². The van der Waals surface area contributed by atoms with Gasteiger partial charge in [0.2, 0.25) is 0 Å². The highest BCUT2D eigenvalue weighted by atomic mass is 31.2. The smallest absolute Gasteiger partial charge is 0.462 e. The first-order valence-electron chi connectivity index (χ1n) is 24.5. The molecule has 0 bridgehead atoms. The van der Waals surface area contributed by atoms with Crippen LogP contribution in [0.3, 0.4) is 0 Å². The summed E-state index contributed by atoms with van der Waals surface area (Å²) in [4.78, 5) is 35.0. The normalized spacial score (nSPS) is 13.5. The molecular formula is C49H92NO8P. The van der Waals surface area contributed by atoms with Crippen LogP contribution in [0, 0.1) is 0 Å². The molecule has 1 unspecified atom stereocenters. The molecule has 0 aliphatic rings. The number of ether oxygens (including phenoxy) is 2. The summed E-state index contributed by atoms with van der Waals surface area (Å²) in [5.74, 6) is -0.880. The Bertz CT molecular complexity index is 1060. The third kappa shape index (κ3) is 45.6. The molecule has 346 valence electrons. The minimum absolute atomic E-state index is 0.0479. The van der Waals surface area contributed by atoms with E-state index < -0.39 is 32.5 Å². The van der Waals surface area contributed by atoms with Gasteiger partial charge in [0, 0.05) is 19.4 Å². The molecule has 3 N–H and O–H groups in total. The average Bonchev–Trinajstić information content (AvgIpc) is 3.22. The number of phosphoric ester groups is 1. The summed E-state index contributed by atoms with van der Waals surface area (Å²) in [6.07, 6.45) is 51.9. The number of hydrogen-bond acceptors (Lipinski definition) is 8. The summed E-state index contributed by atoms with van der Waals surface area (Å²) in [6, 6.07) is 0. The number of esters is 2. The number of unbranched alkanes of at least 4 members (excludes halogenated alkanes) is 27. The Morgan fingerprint density at radius 3 is 1.36 bits per heavy atom. The molecule has 0 spiro atoms. The Balaban J connectivity index is 4.11. The van der Waals surface area contributed by atoms with Crippen LogP contribution in [0.2, 0.25) is 0 Å². The second-order valence-electron chi connectivity index (χ2n) is 16.3. The zero-order valence-corrected chi connectivity index (χ0v) is 39.1. The predicted octanol–water partition coefficient (Wildman–Crippen LogP) is 14.5. The van der Waals surface area contributed by atoms with Gasteiger partial charge in [-0.25, -0.2) is 4.57 Å². The zero-order valence-electron chi connectivity index (χ0n) is 38.2. The van der Waals surface area contributed by atoms with Gasteiger partial charge in [0.05, 0.1) is 13.2 Å². The Morgan fingerprint density at radius 1 is 0.508 bits per heavy atom. The molecule has 0 amide bonds. The maximum atomic E-state index is 12.6. The lowest BCUT2D eigenvalue weighted by atomic mass is 10.0. The van der Waals surface area contributed by atoms with Gasteiger partial charge in [-0.2, -0.15) is 0 Å². The molecule has 0 aromatic carbocycles. The van der Waals surface area contributed by atoms with Crippen LogP contribution in [-0.2, 0) is 32.7 Å². The van der Waals surface area contributed by atoms with Gasteiger partial charge >= 0.3 is 19.8 Å². The van der Waals surface area contributed by atoms with Crippen molar-refractivity contribution in [1.29, 1.82) is 0 Å². The van der Waals surface area contributed by atoms with Crippen molar-refractivity contribution >= 4 is 19.8 Å². The summed E-state index contributed by atoms with van der Waals surface area (Å²) < 4.78 is 32.8. The minimum atomic E-state index is -4.39. The summed E-state index contributed by atoms with van der Waals surface area (Å²) in [5, 5.41) is 0. The molecule has 59 heavy (non-hydrogen) atoms. The first-order valence-corrected chi connectivity index (χ1v) is 26.0. The van der Waals surface area contributed by atoms with Crippen molar-refractivity contribution in [3.05, 3.63) is 36.5 Å². The highest BCUT2D eigenvalue weighted by Gasteiger charge is 2.26. The highest BCUT2D eigenvalue weighted by Crippen LogP contribution is 2.43. The van der Waals surface area contributed by atoms with Gasteiger partial charge in [-0.1, -0.05) is 211 Å². The fourth-order valence-corrected chi connectivity index (χ4v) is 7.65. The summed E-state index contributed by atoms with van der Waals surface area (Å²) in [7, 11) is -4.39. The van der Waals surface area contributed by atoms with Gasteiger partial charge < -0.3 is 20.1 Å². The monoisotopic (exact) mass is 854 g/mol. The van der Waals surface area contributed by atoms with Crippen molar-refractivity contribution in [2.75, 3.05) is 26.4 Å². The Labute approximate surface area is 363 Å². The van der Waals surface area contributed by atoms with Crippen molar-refractivity contribution in [2.45, 2.75) is 238 Å². The van der Waals surface area contributed by atoms with Crippen LogP contribution in [0.5, 0.6) is 0 Å². The second-order valence-corrected chi connectivity index (χ2v) is 17.8. The van der Waals surface area contributed by atoms with E-state index in [1.807, 2.05) is 0 Å². The SMILES string of the molecule is CCCCCCCC/C=C\C/C=C\C/C=C\CCCC(=O)OC[C@H](COP(=O)(O)OCCN)OC(=O)CCCCCCCCCCCCCCCCCCCCCCC. The van der Waals surface area contributed by atoms with Crippen molar-refractivity contribution < 1.29 is 37.6 Å². The van der Waals surface area contributed by atoms with E-state index in [4.69, 9.17) is 24.3 Å². The van der Waals surface area contributed by atoms with Crippen LogP contribution in [-0.4, -0.2) is 49.3 Å². The number of rotatable bonds is 46. The molecule has 10 heteroatoms. The maximum absolute atomic E-state index is 12.6.